The van der Waals surface area contributed by atoms with Gasteiger partial charge in [-0.2, -0.15) is 0 Å². The highest BCUT2D eigenvalue weighted by molar-refractivity contribution is 9.10. The topological polar surface area (TPSA) is 12.9 Å². The number of halogens is 1. The van der Waals surface area contributed by atoms with E-state index in [-0.39, 0.29) is 0 Å². The summed E-state index contributed by atoms with van der Waals surface area (Å²) in [4.78, 5) is 4.59. The van der Waals surface area contributed by atoms with Gasteiger partial charge in [0, 0.05) is 5.39 Å². The molecule has 2 aromatic carbocycles. The van der Waals surface area contributed by atoms with E-state index in [2.05, 4.69) is 69.4 Å². The monoisotopic (exact) mass is 297 g/mol. The van der Waals surface area contributed by atoms with Crippen LogP contribution in [0.15, 0.2) is 65.3 Å². The van der Waals surface area contributed by atoms with E-state index in [1.165, 1.54) is 16.5 Å². The lowest BCUT2D eigenvalue weighted by atomic mass is 10.0. The summed E-state index contributed by atoms with van der Waals surface area (Å²) in [7, 11) is 0. The van der Waals surface area contributed by atoms with Crippen molar-refractivity contribution in [1.82, 2.24) is 4.98 Å². The molecule has 0 amide bonds. The predicted octanol–water partition coefficient (Wildman–Crippen LogP) is 4.59. The second-order valence-corrected chi connectivity index (χ2v) is 5.10. The third kappa shape index (κ3) is 2.29. The van der Waals surface area contributed by atoms with Gasteiger partial charge in [0.1, 0.15) is 4.60 Å². The van der Waals surface area contributed by atoms with Crippen molar-refractivity contribution in [2.24, 2.45) is 0 Å². The minimum Gasteiger partial charge on any atom is -0.241 e. The Hall–Kier alpha value is -1.67. The molecule has 0 saturated heterocycles. The van der Waals surface area contributed by atoms with E-state index >= 15 is 0 Å². The van der Waals surface area contributed by atoms with Gasteiger partial charge in [0.05, 0.1) is 5.52 Å². The maximum atomic E-state index is 4.59. The maximum Gasteiger partial charge on any atom is 0.106 e. The molecule has 3 aromatic rings. The van der Waals surface area contributed by atoms with Gasteiger partial charge in [-0.15, -0.1) is 0 Å². The van der Waals surface area contributed by atoms with Crippen molar-refractivity contribution in [3.8, 4) is 0 Å². The Balaban J connectivity index is 2.09. The van der Waals surface area contributed by atoms with E-state index in [0.717, 1.165) is 16.5 Å². The molecular formula is C16H12BrN. The van der Waals surface area contributed by atoms with E-state index in [1.54, 1.807) is 0 Å². The number of hydrogen-bond donors (Lipinski definition) is 0. The minimum absolute atomic E-state index is 0.885. The number of fused-ring (bicyclic) bond motifs is 1. The summed E-state index contributed by atoms with van der Waals surface area (Å²) in [5.41, 5.74) is 3.66. The zero-order valence-corrected chi connectivity index (χ0v) is 11.4. The van der Waals surface area contributed by atoms with E-state index in [0.29, 0.717) is 0 Å². The molecule has 0 aliphatic rings. The fourth-order valence-corrected chi connectivity index (χ4v) is 2.45. The highest BCUT2D eigenvalue weighted by Gasteiger charge is 2.04. The Labute approximate surface area is 115 Å². The molecule has 0 atom stereocenters. The lowest BCUT2D eigenvalue weighted by Crippen LogP contribution is -1.92. The van der Waals surface area contributed by atoms with Crippen LogP contribution in [-0.2, 0) is 6.42 Å². The van der Waals surface area contributed by atoms with Crippen LogP contribution in [0.1, 0.15) is 11.1 Å². The number of para-hydroxylation sites is 1. The zero-order chi connectivity index (χ0) is 12.4. The Morgan fingerprint density at radius 3 is 2.50 bits per heavy atom. The number of hydrogen-bond acceptors (Lipinski definition) is 1. The van der Waals surface area contributed by atoms with Gasteiger partial charge in [0.2, 0.25) is 0 Å². The summed E-state index contributed by atoms with van der Waals surface area (Å²) in [6.45, 7) is 0. The molecule has 1 aromatic heterocycles. The van der Waals surface area contributed by atoms with Crippen molar-refractivity contribution in [1.29, 1.82) is 0 Å². The molecule has 88 valence electrons. The average Bonchev–Trinajstić information content (AvgIpc) is 2.41. The standard InChI is InChI=1S/C16H12BrN/c17-15-10-9-13-7-4-8-14(16(13)18-15)11-12-5-2-1-3-6-12/h1-10H,11H2. The number of pyridine rings is 1. The second kappa shape index (κ2) is 4.91. The minimum atomic E-state index is 0.885. The summed E-state index contributed by atoms with van der Waals surface area (Å²) < 4.78 is 0.885. The van der Waals surface area contributed by atoms with Crippen molar-refractivity contribution in [3.63, 3.8) is 0 Å². The number of nitrogens with zero attached hydrogens (tertiary/aromatic N) is 1. The van der Waals surface area contributed by atoms with Crippen LogP contribution in [0.4, 0.5) is 0 Å². The first-order valence-corrected chi connectivity index (χ1v) is 6.70. The summed E-state index contributed by atoms with van der Waals surface area (Å²) in [5, 5.41) is 1.19. The highest BCUT2D eigenvalue weighted by atomic mass is 79.9. The second-order valence-electron chi connectivity index (χ2n) is 4.29. The van der Waals surface area contributed by atoms with Gasteiger partial charge in [0.25, 0.3) is 0 Å². The molecule has 0 N–H and O–H groups in total. The van der Waals surface area contributed by atoms with Crippen LogP contribution in [0, 0.1) is 0 Å². The van der Waals surface area contributed by atoms with Crippen molar-refractivity contribution in [2.75, 3.05) is 0 Å². The zero-order valence-electron chi connectivity index (χ0n) is 9.81. The summed E-state index contributed by atoms with van der Waals surface area (Å²) in [6, 6.07) is 20.9. The number of benzene rings is 2. The Bertz CT molecular complexity index is 677. The number of rotatable bonds is 2. The SMILES string of the molecule is Brc1ccc2cccc(Cc3ccccc3)c2n1. The highest BCUT2D eigenvalue weighted by Crippen LogP contribution is 2.21. The number of aromatic nitrogens is 1. The third-order valence-corrected chi connectivity index (χ3v) is 3.45. The molecule has 0 aliphatic heterocycles. The molecule has 0 spiro atoms. The molecule has 1 heterocycles. The first-order valence-electron chi connectivity index (χ1n) is 5.91. The van der Waals surface area contributed by atoms with E-state index in [9.17, 15) is 0 Å². The van der Waals surface area contributed by atoms with Crippen molar-refractivity contribution in [2.45, 2.75) is 6.42 Å². The lowest BCUT2D eigenvalue weighted by molar-refractivity contribution is 1.19. The quantitative estimate of drug-likeness (QED) is 0.631. The van der Waals surface area contributed by atoms with Crippen LogP contribution in [0.5, 0.6) is 0 Å². The van der Waals surface area contributed by atoms with Crippen molar-refractivity contribution >= 4 is 26.8 Å². The maximum absolute atomic E-state index is 4.59. The molecule has 0 saturated carbocycles. The summed E-state index contributed by atoms with van der Waals surface area (Å²) in [6.07, 6.45) is 0.918. The fraction of sp³-hybridized carbons (Fsp3) is 0.0625. The molecule has 2 heteroatoms. The fourth-order valence-electron chi connectivity index (χ4n) is 2.14. The normalized spacial score (nSPS) is 10.7. The van der Waals surface area contributed by atoms with Gasteiger partial charge in [-0.1, -0.05) is 54.6 Å². The van der Waals surface area contributed by atoms with Gasteiger partial charge in [-0.3, -0.25) is 0 Å². The molecule has 0 fully saturated rings. The average molecular weight is 298 g/mol. The van der Waals surface area contributed by atoms with Crippen LogP contribution in [0.2, 0.25) is 0 Å². The molecule has 0 bridgehead atoms. The molecule has 18 heavy (non-hydrogen) atoms. The van der Waals surface area contributed by atoms with Gasteiger partial charge >= 0.3 is 0 Å². The molecule has 0 aliphatic carbocycles. The molecule has 1 nitrogen and oxygen atoms in total. The first-order chi connectivity index (χ1) is 8.83. The van der Waals surface area contributed by atoms with Gasteiger partial charge in [0.15, 0.2) is 0 Å². The molecule has 0 unspecified atom stereocenters. The molecule has 3 rings (SSSR count). The van der Waals surface area contributed by atoms with E-state index < -0.39 is 0 Å². The molecule has 0 radical (unpaired) electrons. The largest absolute Gasteiger partial charge is 0.241 e. The van der Waals surface area contributed by atoms with Crippen LogP contribution in [0.25, 0.3) is 10.9 Å². The van der Waals surface area contributed by atoms with E-state index in [1.807, 2.05) is 12.1 Å². The van der Waals surface area contributed by atoms with Crippen LogP contribution in [0.3, 0.4) is 0 Å². The van der Waals surface area contributed by atoms with Gasteiger partial charge < -0.3 is 0 Å². The van der Waals surface area contributed by atoms with Gasteiger partial charge in [-0.05, 0) is 39.5 Å². The van der Waals surface area contributed by atoms with E-state index in [4.69, 9.17) is 0 Å². The Morgan fingerprint density at radius 1 is 0.833 bits per heavy atom. The van der Waals surface area contributed by atoms with Crippen LogP contribution >= 0.6 is 15.9 Å². The summed E-state index contributed by atoms with van der Waals surface area (Å²) in [5.74, 6) is 0. The van der Waals surface area contributed by atoms with Crippen molar-refractivity contribution in [3.05, 3.63) is 76.4 Å². The summed E-state index contributed by atoms with van der Waals surface area (Å²) >= 11 is 3.44. The predicted molar refractivity (Wildman–Crippen MR) is 78.7 cm³/mol. The Morgan fingerprint density at radius 2 is 1.67 bits per heavy atom. The lowest BCUT2D eigenvalue weighted by Gasteiger charge is -2.06. The first kappa shape index (κ1) is 11.4. The molecular weight excluding hydrogens is 286 g/mol. The smallest absolute Gasteiger partial charge is 0.106 e. The van der Waals surface area contributed by atoms with Crippen LogP contribution < -0.4 is 0 Å². The van der Waals surface area contributed by atoms with Crippen molar-refractivity contribution < 1.29 is 0 Å². The van der Waals surface area contributed by atoms with Gasteiger partial charge in [-0.25, -0.2) is 4.98 Å². The Kier molecular flexibility index (Phi) is 3.11. The third-order valence-electron chi connectivity index (χ3n) is 3.01. The van der Waals surface area contributed by atoms with Crippen LogP contribution in [-0.4, -0.2) is 4.98 Å².